The van der Waals surface area contributed by atoms with E-state index in [9.17, 15) is 10.1 Å². The first-order chi connectivity index (χ1) is 27.6. The van der Waals surface area contributed by atoms with Gasteiger partial charge < -0.3 is 33.3 Å². The van der Waals surface area contributed by atoms with Crippen molar-refractivity contribution in [3.63, 3.8) is 0 Å². The first-order valence-electron chi connectivity index (χ1n) is 19.2. The number of aromatic amines is 1. The number of ether oxygens (including phenoxy) is 4. The van der Waals surface area contributed by atoms with Crippen LogP contribution in [0.5, 0.6) is 11.5 Å². The molecule has 0 radical (unpaired) electrons. The maximum atomic E-state index is 13.0. The minimum atomic E-state index is -1.65. The molecule has 302 valence electrons. The van der Waals surface area contributed by atoms with E-state index in [0.29, 0.717) is 36.1 Å². The van der Waals surface area contributed by atoms with Gasteiger partial charge in [-0.05, 0) is 75.6 Å². The summed E-state index contributed by atoms with van der Waals surface area (Å²) in [6, 6.07) is 28.1. The van der Waals surface area contributed by atoms with Crippen LogP contribution in [0.3, 0.4) is 0 Å². The fourth-order valence-electron chi connectivity index (χ4n) is 7.21. The molecule has 0 saturated carbocycles. The van der Waals surface area contributed by atoms with Crippen LogP contribution in [0.25, 0.3) is 11.2 Å². The summed E-state index contributed by atoms with van der Waals surface area (Å²) in [5, 5.41) is 12.5. The van der Waals surface area contributed by atoms with Crippen molar-refractivity contribution in [2.24, 2.45) is 0 Å². The molecule has 3 heterocycles. The monoisotopic (exact) mass is 797 g/mol. The number of fused-ring (bicyclic) bond motifs is 1. The van der Waals surface area contributed by atoms with Crippen molar-refractivity contribution in [1.29, 1.82) is 5.26 Å². The lowest BCUT2D eigenvalue weighted by atomic mass is 9.80. The van der Waals surface area contributed by atoms with Crippen LogP contribution in [-0.2, 0) is 24.1 Å². The largest absolute Gasteiger partial charge is 0.497 e. The van der Waals surface area contributed by atoms with Crippen molar-refractivity contribution in [3.8, 4) is 17.6 Å². The van der Waals surface area contributed by atoms with E-state index in [1.807, 2.05) is 73.7 Å². The molecule has 0 aliphatic carbocycles. The van der Waals surface area contributed by atoms with Crippen LogP contribution >= 0.6 is 8.53 Å². The molecule has 0 bridgehead atoms. The summed E-state index contributed by atoms with van der Waals surface area (Å²) in [4.78, 5) is 24.9. The maximum Gasteiger partial charge on any atom is 0.280 e. The van der Waals surface area contributed by atoms with E-state index in [4.69, 9.17) is 33.0 Å². The molecule has 6 rings (SSSR count). The van der Waals surface area contributed by atoms with Crippen LogP contribution in [0.4, 0.5) is 5.95 Å². The quantitative estimate of drug-likeness (QED) is 0.0482. The molecule has 0 spiro atoms. The second-order valence-electron chi connectivity index (χ2n) is 14.1. The Kier molecular flexibility index (Phi) is 14.0. The Balaban J connectivity index is 1.45. The normalized spacial score (nSPS) is 17.7. The molecule has 4 unspecified atom stereocenters. The number of H-pyrrole nitrogens is 1. The molecule has 1 saturated heterocycles. The fraction of sp³-hybridized carbons (Fsp3) is 0.429. The number of hydrogen-bond acceptors (Lipinski definition) is 12. The third-order valence-electron chi connectivity index (χ3n) is 9.79. The van der Waals surface area contributed by atoms with Crippen LogP contribution in [0, 0.1) is 11.3 Å². The standard InChI is InChI=1S/C42H52N7O7P/c1-8-44-41-46-39-38(40(50)47-41)45-27-48(39)37-25-35(56-57(54-24-12-23-43)49(28(2)3)29(4)5)36(55-37)26-53-42(30-13-10-9-11-14-30,31-15-19-33(51-6)20-16-31)32-17-21-34(52-7)22-18-32/h9-11,13-22,27-29,35-37H,8,12,24-26H2,1-7H3,(H2,44,46,47,50). The minimum absolute atomic E-state index is 0.0832. The number of rotatable bonds is 19. The van der Waals surface area contributed by atoms with Crippen LogP contribution in [0.2, 0.25) is 0 Å². The number of nitrogens with one attached hydrogen (secondary N) is 2. The van der Waals surface area contributed by atoms with Crippen molar-refractivity contribution >= 4 is 25.6 Å². The molecule has 1 fully saturated rings. The minimum Gasteiger partial charge on any atom is -0.497 e. The fourth-order valence-corrected chi connectivity index (χ4v) is 8.97. The van der Waals surface area contributed by atoms with Crippen molar-refractivity contribution < 1.29 is 28.0 Å². The average molecular weight is 798 g/mol. The first-order valence-corrected chi connectivity index (χ1v) is 20.4. The van der Waals surface area contributed by atoms with Gasteiger partial charge in [0.2, 0.25) is 5.95 Å². The predicted molar refractivity (Wildman–Crippen MR) is 219 cm³/mol. The molecule has 1 aliphatic rings. The van der Waals surface area contributed by atoms with Gasteiger partial charge in [-0.3, -0.25) is 14.3 Å². The smallest absolute Gasteiger partial charge is 0.280 e. The molecule has 5 aromatic rings. The van der Waals surface area contributed by atoms with E-state index >= 15 is 0 Å². The molecule has 3 aromatic carbocycles. The maximum absolute atomic E-state index is 13.0. The number of aromatic nitrogens is 4. The van der Waals surface area contributed by atoms with Gasteiger partial charge in [-0.2, -0.15) is 10.2 Å². The highest BCUT2D eigenvalue weighted by Crippen LogP contribution is 2.51. The summed E-state index contributed by atoms with van der Waals surface area (Å²) in [6.45, 7) is 11.2. The van der Waals surface area contributed by atoms with Gasteiger partial charge in [0.15, 0.2) is 11.2 Å². The Labute approximate surface area is 335 Å². The summed E-state index contributed by atoms with van der Waals surface area (Å²) >= 11 is 0. The van der Waals surface area contributed by atoms with Crippen molar-refractivity contribution in [1.82, 2.24) is 24.2 Å². The number of nitrogens with zero attached hydrogens (tertiary/aromatic N) is 5. The first kappa shape index (κ1) is 41.8. The number of methoxy groups -OCH3 is 2. The van der Waals surface area contributed by atoms with Crippen LogP contribution in [0.1, 0.15) is 70.4 Å². The zero-order chi connectivity index (χ0) is 40.5. The van der Waals surface area contributed by atoms with Gasteiger partial charge in [0.1, 0.15) is 29.4 Å². The van der Waals surface area contributed by atoms with E-state index in [-0.39, 0.29) is 42.8 Å². The second kappa shape index (κ2) is 19.0. The lowest BCUT2D eigenvalue weighted by Gasteiger charge is -2.39. The van der Waals surface area contributed by atoms with Gasteiger partial charge in [-0.25, -0.2) is 9.65 Å². The summed E-state index contributed by atoms with van der Waals surface area (Å²) in [6.07, 6.45) is 0.383. The molecule has 2 N–H and O–H groups in total. The molecular weight excluding hydrogens is 745 g/mol. The number of benzene rings is 3. The molecule has 15 heteroatoms. The Hall–Kier alpha value is -4.87. The lowest BCUT2D eigenvalue weighted by Crippen LogP contribution is -2.39. The highest BCUT2D eigenvalue weighted by molar-refractivity contribution is 7.44. The zero-order valence-electron chi connectivity index (χ0n) is 33.5. The average Bonchev–Trinajstić information content (AvgIpc) is 3.83. The number of nitriles is 1. The summed E-state index contributed by atoms with van der Waals surface area (Å²) in [5.74, 6) is 1.77. The van der Waals surface area contributed by atoms with Gasteiger partial charge >= 0.3 is 0 Å². The Morgan fingerprint density at radius 1 is 0.982 bits per heavy atom. The van der Waals surface area contributed by atoms with Crippen molar-refractivity contribution in [2.75, 3.05) is 39.3 Å². The molecule has 2 aromatic heterocycles. The zero-order valence-corrected chi connectivity index (χ0v) is 34.4. The highest BCUT2D eigenvalue weighted by Gasteiger charge is 2.45. The summed E-state index contributed by atoms with van der Waals surface area (Å²) < 4.78 is 42.7. The van der Waals surface area contributed by atoms with E-state index < -0.39 is 32.6 Å². The van der Waals surface area contributed by atoms with Crippen LogP contribution in [-0.4, -0.2) is 82.5 Å². The second-order valence-corrected chi connectivity index (χ2v) is 15.5. The van der Waals surface area contributed by atoms with Crippen molar-refractivity contribution in [2.45, 2.75) is 83.6 Å². The highest BCUT2D eigenvalue weighted by atomic mass is 31.2. The summed E-state index contributed by atoms with van der Waals surface area (Å²) in [7, 11) is 1.64. The topological polar surface area (TPSA) is 158 Å². The SMILES string of the molecule is CCNc1nc2c(ncn2C2CC(OP(OCCC#N)N(C(C)C)C(C)C)C(COC(c3ccccc3)(c3ccc(OC)cc3)c3ccc(OC)cc3)O2)c(=O)[nH]1. The number of hydrogen-bond donors (Lipinski definition) is 2. The number of anilines is 1. The third-order valence-corrected chi connectivity index (χ3v) is 11.9. The number of imidazole rings is 1. The molecule has 14 nitrogen and oxygen atoms in total. The van der Waals surface area contributed by atoms with Gasteiger partial charge in [0, 0.05) is 25.0 Å². The van der Waals surface area contributed by atoms with E-state index in [0.717, 1.165) is 16.7 Å². The third kappa shape index (κ3) is 9.15. The Morgan fingerprint density at radius 2 is 1.60 bits per heavy atom. The van der Waals surface area contributed by atoms with E-state index in [1.54, 1.807) is 25.1 Å². The van der Waals surface area contributed by atoms with Gasteiger partial charge in [-0.1, -0.05) is 54.6 Å². The molecule has 4 atom stereocenters. The molecule has 0 amide bonds. The van der Waals surface area contributed by atoms with Gasteiger partial charge in [-0.15, -0.1) is 0 Å². The van der Waals surface area contributed by atoms with Gasteiger partial charge in [0.05, 0.1) is 52.4 Å². The Bertz CT molecular complexity index is 2080. The van der Waals surface area contributed by atoms with Gasteiger partial charge in [0.25, 0.3) is 14.1 Å². The predicted octanol–water partition coefficient (Wildman–Crippen LogP) is 7.53. The molecule has 57 heavy (non-hydrogen) atoms. The Morgan fingerprint density at radius 3 is 2.16 bits per heavy atom. The lowest BCUT2D eigenvalue weighted by molar-refractivity contribution is -0.0912. The van der Waals surface area contributed by atoms with E-state index in [2.05, 4.69) is 65.9 Å². The van der Waals surface area contributed by atoms with Crippen molar-refractivity contribution in [3.05, 3.63) is 112 Å². The van der Waals surface area contributed by atoms with Crippen LogP contribution in [0.15, 0.2) is 90.0 Å². The molecule has 1 aliphatic heterocycles. The molecular formula is C42H52N7O7P. The van der Waals surface area contributed by atoms with E-state index in [1.165, 1.54) is 0 Å². The summed E-state index contributed by atoms with van der Waals surface area (Å²) in [5.41, 5.74) is 1.77. The van der Waals surface area contributed by atoms with Crippen LogP contribution < -0.4 is 20.3 Å².